The molecule has 0 aromatic heterocycles. The average Bonchev–Trinajstić information content (AvgIpc) is 2.62. The summed E-state index contributed by atoms with van der Waals surface area (Å²) in [5.41, 5.74) is 4.10. The Balaban J connectivity index is 2.34. The molecule has 1 saturated carbocycles. The minimum Gasteiger partial charge on any atom is -0.0778 e. The van der Waals surface area contributed by atoms with Gasteiger partial charge in [0.25, 0.3) is 0 Å². The van der Waals surface area contributed by atoms with Crippen LogP contribution in [0.4, 0.5) is 0 Å². The van der Waals surface area contributed by atoms with Crippen LogP contribution in [0.25, 0.3) is 0 Å². The van der Waals surface area contributed by atoms with E-state index in [1.165, 1.54) is 19.3 Å². The Morgan fingerprint density at radius 1 is 1.40 bits per heavy atom. The molecular weight excluding hydrogens is 235 g/mol. The molecule has 1 atom stereocenters. The van der Waals surface area contributed by atoms with Gasteiger partial charge >= 0.3 is 0 Å². The molecule has 0 amide bonds. The first-order valence-electron chi connectivity index (χ1n) is 3.98. The fraction of sp³-hybridized carbons (Fsp3) is 0.778. The molecule has 0 radical (unpaired) electrons. The maximum atomic E-state index is 2.58. The first kappa shape index (κ1) is 7.14. The highest BCUT2D eigenvalue weighted by atomic mass is 127. The molecule has 1 fully saturated rings. The summed E-state index contributed by atoms with van der Waals surface area (Å²) in [6.07, 6.45) is 4.37. The molecule has 0 aromatic rings. The minimum atomic E-state index is 0.718. The molecule has 0 heterocycles. The summed E-state index contributed by atoms with van der Waals surface area (Å²) in [6, 6.07) is 0. The van der Waals surface area contributed by atoms with E-state index in [1.54, 1.807) is 11.1 Å². The van der Waals surface area contributed by atoms with Gasteiger partial charge in [0.05, 0.1) is 0 Å². The van der Waals surface area contributed by atoms with Crippen molar-refractivity contribution in [2.24, 2.45) is 5.41 Å². The number of alkyl halides is 1. The fourth-order valence-corrected chi connectivity index (χ4v) is 3.34. The van der Waals surface area contributed by atoms with Crippen LogP contribution in [-0.4, -0.2) is 3.92 Å². The van der Waals surface area contributed by atoms with Gasteiger partial charge in [0.15, 0.2) is 0 Å². The van der Waals surface area contributed by atoms with Gasteiger partial charge in [0.1, 0.15) is 0 Å². The lowest BCUT2D eigenvalue weighted by Gasteiger charge is -2.06. The Labute approximate surface area is 76.2 Å². The predicted molar refractivity (Wildman–Crippen MR) is 52.5 cm³/mol. The van der Waals surface area contributed by atoms with Crippen LogP contribution >= 0.6 is 22.6 Å². The number of hydrogen-bond donors (Lipinski definition) is 0. The summed E-state index contributed by atoms with van der Waals surface area (Å²) >= 11 is 2.58. The first-order valence-corrected chi connectivity index (χ1v) is 5.22. The fourth-order valence-electron chi connectivity index (χ4n) is 2.03. The number of rotatable bonds is 0. The van der Waals surface area contributed by atoms with Gasteiger partial charge in [0.2, 0.25) is 0 Å². The molecule has 56 valence electrons. The molecule has 1 unspecified atom stereocenters. The second kappa shape index (κ2) is 1.99. The highest BCUT2D eigenvalue weighted by Crippen LogP contribution is 2.61. The molecule has 0 aliphatic heterocycles. The Morgan fingerprint density at radius 3 is 2.20 bits per heavy atom. The summed E-state index contributed by atoms with van der Waals surface area (Å²) in [6.45, 7) is 4.64. The Hall–Kier alpha value is 0.470. The molecule has 0 aromatic carbocycles. The van der Waals surface area contributed by atoms with Gasteiger partial charge in [0, 0.05) is 3.92 Å². The van der Waals surface area contributed by atoms with Crippen molar-refractivity contribution in [2.45, 2.75) is 37.0 Å². The van der Waals surface area contributed by atoms with Crippen LogP contribution in [-0.2, 0) is 0 Å². The molecule has 2 aliphatic rings. The average molecular weight is 248 g/mol. The standard InChI is InChI=1S/C9H13I/c1-6-7(2)9(3-4-9)5-8(6)10/h8H,3-5H2,1-2H3. The predicted octanol–water partition coefficient (Wildman–Crippen LogP) is 3.31. The molecule has 0 bridgehead atoms. The maximum absolute atomic E-state index is 2.58. The molecule has 0 nitrogen and oxygen atoms in total. The van der Waals surface area contributed by atoms with Gasteiger partial charge in [-0.2, -0.15) is 0 Å². The third kappa shape index (κ3) is 0.789. The summed E-state index contributed by atoms with van der Waals surface area (Å²) in [5, 5.41) is 0. The van der Waals surface area contributed by atoms with Gasteiger partial charge < -0.3 is 0 Å². The molecule has 0 N–H and O–H groups in total. The van der Waals surface area contributed by atoms with Crippen molar-refractivity contribution in [3.63, 3.8) is 0 Å². The van der Waals surface area contributed by atoms with E-state index in [0.717, 1.165) is 9.34 Å². The van der Waals surface area contributed by atoms with Gasteiger partial charge in [-0.05, 0) is 38.5 Å². The lowest BCUT2D eigenvalue weighted by atomic mass is 10.00. The van der Waals surface area contributed by atoms with Crippen molar-refractivity contribution in [3.8, 4) is 0 Å². The van der Waals surface area contributed by atoms with Gasteiger partial charge in [-0.25, -0.2) is 0 Å². The van der Waals surface area contributed by atoms with E-state index in [4.69, 9.17) is 0 Å². The van der Waals surface area contributed by atoms with E-state index in [0.29, 0.717) is 0 Å². The summed E-state index contributed by atoms with van der Waals surface area (Å²) in [4.78, 5) is 0. The summed E-state index contributed by atoms with van der Waals surface area (Å²) in [7, 11) is 0. The van der Waals surface area contributed by atoms with Crippen molar-refractivity contribution >= 4 is 22.6 Å². The second-order valence-corrected chi connectivity index (χ2v) is 5.26. The highest BCUT2D eigenvalue weighted by molar-refractivity contribution is 14.1. The van der Waals surface area contributed by atoms with E-state index in [-0.39, 0.29) is 0 Å². The third-order valence-corrected chi connectivity index (χ3v) is 4.65. The normalized spacial score (nSPS) is 35.7. The van der Waals surface area contributed by atoms with Crippen molar-refractivity contribution < 1.29 is 0 Å². The van der Waals surface area contributed by atoms with Gasteiger partial charge in [-0.15, -0.1) is 0 Å². The number of halogens is 1. The molecule has 1 heteroatoms. The van der Waals surface area contributed by atoms with Gasteiger partial charge in [-0.3, -0.25) is 0 Å². The monoisotopic (exact) mass is 248 g/mol. The van der Waals surface area contributed by atoms with Crippen LogP contribution < -0.4 is 0 Å². The maximum Gasteiger partial charge on any atom is 0.0327 e. The van der Waals surface area contributed by atoms with Crippen molar-refractivity contribution in [2.75, 3.05) is 0 Å². The SMILES string of the molecule is CC1=C(C)C2(CC2)CC1I. The van der Waals surface area contributed by atoms with E-state index < -0.39 is 0 Å². The van der Waals surface area contributed by atoms with Crippen LogP contribution in [0, 0.1) is 5.41 Å². The zero-order valence-electron chi connectivity index (χ0n) is 6.58. The minimum absolute atomic E-state index is 0.718. The highest BCUT2D eigenvalue weighted by Gasteiger charge is 2.50. The summed E-state index contributed by atoms with van der Waals surface area (Å²) < 4.78 is 0.847. The smallest absolute Gasteiger partial charge is 0.0327 e. The topological polar surface area (TPSA) is 0 Å². The molecule has 1 spiro atoms. The van der Waals surface area contributed by atoms with E-state index in [1.807, 2.05) is 0 Å². The molecular formula is C9H13I. The Kier molecular flexibility index (Phi) is 1.42. The Morgan fingerprint density at radius 2 is 2.00 bits per heavy atom. The third-order valence-electron chi connectivity index (χ3n) is 3.28. The van der Waals surface area contributed by atoms with Crippen LogP contribution in [0.15, 0.2) is 11.1 Å². The van der Waals surface area contributed by atoms with Gasteiger partial charge in [-0.1, -0.05) is 33.7 Å². The number of allylic oxidation sites excluding steroid dienone is 2. The van der Waals surface area contributed by atoms with E-state index in [2.05, 4.69) is 36.4 Å². The molecule has 2 aliphatic carbocycles. The van der Waals surface area contributed by atoms with Crippen LogP contribution in [0.5, 0.6) is 0 Å². The number of hydrogen-bond acceptors (Lipinski definition) is 0. The van der Waals surface area contributed by atoms with Crippen molar-refractivity contribution in [1.29, 1.82) is 0 Å². The molecule has 0 saturated heterocycles. The largest absolute Gasteiger partial charge is 0.0778 e. The van der Waals surface area contributed by atoms with Crippen LogP contribution in [0.3, 0.4) is 0 Å². The van der Waals surface area contributed by atoms with E-state index in [9.17, 15) is 0 Å². The van der Waals surface area contributed by atoms with Crippen molar-refractivity contribution in [1.82, 2.24) is 0 Å². The zero-order chi connectivity index (χ0) is 7.35. The van der Waals surface area contributed by atoms with Crippen LogP contribution in [0.1, 0.15) is 33.1 Å². The lowest BCUT2D eigenvalue weighted by Crippen LogP contribution is -1.97. The lowest BCUT2D eigenvalue weighted by molar-refractivity contribution is 0.609. The molecule has 10 heavy (non-hydrogen) atoms. The summed E-state index contributed by atoms with van der Waals surface area (Å²) in [5.74, 6) is 0. The second-order valence-electron chi connectivity index (χ2n) is 3.76. The van der Waals surface area contributed by atoms with Crippen LogP contribution in [0.2, 0.25) is 0 Å². The zero-order valence-corrected chi connectivity index (χ0v) is 8.73. The van der Waals surface area contributed by atoms with E-state index >= 15 is 0 Å². The quantitative estimate of drug-likeness (QED) is 0.350. The molecule has 2 rings (SSSR count). The first-order chi connectivity index (χ1) is 4.66. The van der Waals surface area contributed by atoms with Crippen molar-refractivity contribution in [3.05, 3.63) is 11.1 Å². The Bertz CT molecular complexity index is 199.